The molecule has 1 amide bonds. The van der Waals surface area contributed by atoms with Gasteiger partial charge in [0.05, 0.1) is 0 Å². The zero-order chi connectivity index (χ0) is 12.0. The molecule has 0 bridgehead atoms. The van der Waals surface area contributed by atoms with Gasteiger partial charge in [-0.3, -0.25) is 4.79 Å². The first-order chi connectivity index (χ1) is 7.61. The Kier molecular flexibility index (Phi) is 5.11. The van der Waals surface area contributed by atoms with E-state index in [1.807, 2.05) is 0 Å². The molecule has 3 nitrogen and oxygen atoms in total. The van der Waals surface area contributed by atoms with Crippen LogP contribution in [0.1, 0.15) is 12.0 Å². The molecule has 0 saturated carbocycles. The molecule has 2 N–H and O–H groups in total. The molecule has 88 valence electrons. The van der Waals surface area contributed by atoms with Crippen LogP contribution >= 0.6 is 12.6 Å². The number of thiol groups is 1. The number of carbonyl (C=O) groups excluding carboxylic acids is 1. The lowest BCUT2D eigenvalue weighted by Crippen LogP contribution is -2.25. The van der Waals surface area contributed by atoms with E-state index in [9.17, 15) is 9.18 Å². The van der Waals surface area contributed by atoms with E-state index >= 15 is 0 Å². The number of amides is 1. The maximum Gasteiger partial charge on any atom is 0.220 e. The summed E-state index contributed by atoms with van der Waals surface area (Å²) >= 11 is 3.94. The van der Waals surface area contributed by atoms with Gasteiger partial charge >= 0.3 is 0 Å². The predicted octanol–water partition coefficient (Wildman–Crippen LogP) is 1.51. The predicted molar refractivity (Wildman–Crippen MR) is 63.2 cm³/mol. The van der Waals surface area contributed by atoms with Crippen molar-refractivity contribution in [2.24, 2.45) is 0 Å². The Morgan fingerprint density at radius 3 is 2.81 bits per heavy atom. The first-order valence-electron chi connectivity index (χ1n) is 4.98. The van der Waals surface area contributed by atoms with Crippen molar-refractivity contribution in [2.75, 3.05) is 12.3 Å². The summed E-state index contributed by atoms with van der Waals surface area (Å²) in [5.74, 6) is -0.143. The molecule has 0 atom stereocenters. The number of aromatic hydroxyl groups is 1. The molecular weight excluding hydrogens is 229 g/mol. The van der Waals surface area contributed by atoms with Crippen molar-refractivity contribution >= 4 is 18.5 Å². The second kappa shape index (κ2) is 6.37. The fourth-order valence-electron chi connectivity index (χ4n) is 1.31. The average Bonchev–Trinajstić information content (AvgIpc) is 2.16. The van der Waals surface area contributed by atoms with E-state index in [2.05, 4.69) is 17.9 Å². The van der Waals surface area contributed by atoms with Crippen LogP contribution in [0.5, 0.6) is 5.75 Å². The summed E-state index contributed by atoms with van der Waals surface area (Å²) in [6, 6.07) is 3.86. The van der Waals surface area contributed by atoms with Crippen molar-refractivity contribution in [1.82, 2.24) is 5.32 Å². The van der Waals surface area contributed by atoms with E-state index in [1.54, 1.807) is 0 Å². The second-order valence-electron chi connectivity index (χ2n) is 3.39. The topological polar surface area (TPSA) is 49.3 Å². The van der Waals surface area contributed by atoms with Gasteiger partial charge in [-0.05, 0) is 29.9 Å². The summed E-state index contributed by atoms with van der Waals surface area (Å²) in [5.41, 5.74) is 0.656. The summed E-state index contributed by atoms with van der Waals surface area (Å²) in [5, 5.41) is 11.8. The lowest BCUT2D eigenvalue weighted by molar-refractivity contribution is -0.120. The lowest BCUT2D eigenvalue weighted by Gasteiger charge is -2.05. The highest BCUT2D eigenvalue weighted by Gasteiger charge is 2.02. The zero-order valence-corrected chi connectivity index (χ0v) is 9.64. The molecule has 0 aliphatic carbocycles. The number of nitrogens with one attached hydrogen (secondary N) is 1. The summed E-state index contributed by atoms with van der Waals surface area (Å²) in [6.45, 7) is 0.426. The van der Waals surface area contributed by atoms with Gasteiger partial charge in [-0.15, -0.1) is 0 Å². The van der Waals surface area contributed by atoms with Gasteiger partial charge < -0.3 is 10.4 Å². The van der Waals surface area contributed by atoms with E-state index in [1.165, 1.54) is 12.1 Å². The minimum atomic E-state index is -0.475. The number of phenols is 1. The van der Waals surface area contributed by atoms with Gasteiger partial charge in [0.2, 0.25) is 5.91 Å². The van der Waals surface area contributed by atoms with Crippen molar-refractivity contribution in [3.05, 3.63) is 29.6 Å². The van der Waals surface area contributed by atoms with E-state index in [0.29, 0.717) is 30.7 Å². The first-order valence-corrected chi connectivity index (χ1v) is 5.61. The molecule has 0 spiro atoms. The molecular formula is C11H14FNO2S. The lowest BCUT2D eigenvalue weighted by atomic mass is 10.1. The number of hydrogen-bond acceptors (Lipinski definition) is 3. The summed E-state index contributed by atoms with van der Waals surface area (Å²) < 4.78 is 12.9. The SMILES string of the molecule is O=C(CCS)NCCc1cc(O)cc(F)c1. The molecule has 0 aliphatic rings. The van der Waals surface area contributed by atoms with Crippen molar-refractivity contribution < 1.29 is 14.3 Å². The van der Waals surface area contributed by atoms with E-state index < -0.39 is 5.82 Å². The number of hydrogen-bond donors (Lipinski definition) is 3. The molecule has 0 radical (unpaired) electrons. The molecule has 0 saturated heterocycles. The minimum absolute atomic E-state index is 0.0735. The van der Waals surface area contributed by atoms with Gasteiger partial charge in [0.1, 0.15) is 11.6 Å². The molecule has 16 heavy (non-hydrogen) atoms. The number of phenolic OH excluding ortho intramolecular Hbond substituents is 1. The van der Waals surface area contributed by atoms with Gasteiger partial charge in [0, 0.05) is 19.0 Å². The molecule has 1 aromatic rings. The van der Waals surface area contributed by atoms with E-state index in [0.717, 1.165) is 6.07 Å². The fraction of sp³-hybridized carbons (Fsp3) is 0.364. The molecule has 0 fully saturated rings. The average molecular weight is 243 g/mol. The van der Waals surface area contributed by atoms with Crippen LogP contribution in [-0.4, -0.2) is 23.3 Å². The smallest absolute Gasteiger partial charge is 0.220 e. The molecule has 0 aromatic heterocycles. The van der Waals surface area contributed by atoms with Gasteiger partial charge in [-0.1, -0.05) is 0 Å². The third-order valence-corrected chi connectivity index (χ3v) is 2.24. The number of carbonyl (C=O) groups is 1. The Balaban J connectivity index is 2.40. The van der Waals surface area contributed by atoms with Crippen molar-refractivity contribution in [3.63, 3.8) is 0 Å². The Morgan fingerprint density at radius 1 is 1.44 bits per heavy atom. The normalized spacial score (nSPS) is 10.1. The molecule has 0 heterocycles. The minimum Gasteiger partial charge on any atom is -0.508 e. The fourth-order valence-corrected chi connectivity index (χ4v) is 1.52. The third kappa shape index (κ3) is 4.53. The van der Waals surface area contributed by atoms with Gasteiger partial charge in [-0.2, -0.15) is 12.6 Å². The van der Waals surface area contributed by atoms with Crippen LogP contribution in [0.2, 0.25) is 0 Å². The Hall–Kier alpha value is -1.23. The van der Waals surface area contributed by atoms with Crippen LogP contribution in [0.15, 0.2) is 18.2 Å². The molecule has 0 unspecified atom stereocenters. The first kappa shape index (κ1) is 12.8. The Labute approximate surface area is 99.1 Å². The Morgan fingerprint density at radius 2 is 2.19 bits per heavy atom. The quantitative estimate of drug-likeness (QED) is 0.687. The van der Waals surface area contributed by atoms with E-state index in [-0.39, 0.29) is 11.7 Å². The van der Waals surface area contributed by atoms with Crippen LogP contribution in [0, 0.1) is 5.82 Å². The van der Waals surface area contributed by atoms with Gasteiger partial charge in [0.25, 0.3) is 0 Å². The maximum atomic E-state index is 12.9. The van der Waals surface area contributed by atoms with Crippen LogP contribution < -0.4 is 5.32 Å². The third-order valence-electron chi connectivity index (χ3n) is 2.02. The largest absolute Gasteiger partial charge is 0.508 e. The van der Waals surface area contributed by atoms with Crippen molar-refractivity contribution in [2.45, 2.75) is 12.8 Å². The van der Waals surface area contributed by atoms with Crippen molar-refractivity contribution in [1.29, 1.82) is 0 Å². The number of rotatable bonds is 5. The van der Waals surface area contributed by atoms with Crippen LogP contribution in [0.25, 0.3) is 0 Å². The molecule has 1 rings (SSSR count). The highest BCUT2D eigenvalue weighted by atomic mass is 32.1. The monoisotopic (exact) mass is 243 g/mol. The summed E-state index contributed by atoms with van der Waals surface area (Å²) in [7, 11) is 0. The Bertz CT molecular complexity index is 351. The zero-order valence-electron chi connectivity index (χ0n) is 8.74. The van der Waals surface area contributed by atoms with Crippen molar-refractivity contribution in [3.8, 4) is 5.75 Å². The summed E-state index contributed by atoms with van der Waals surface area (Å²) in [6.07, 6.45) is 0.862. The highest BCUT2D eigenvalue weighted by molar-refractivity contribution is 7.80. The second-order valence-corrected chi connectivity index (χ2v) is 3.84. The highest BCUT2D eigenvalue weighted by Crippen LogP contribution is 2.14. The molecule has 0 aliphatic heterocycles. The number of halogens is 1. The van der Waals surface area contributed by atoms with Gasteiger partial charge in [-0.25, -0.2) is 4.39 Å². The van der Waals surface area contributed by atoms with E-state index in [4.69, 9.17) is 5.11 Å². The van der Waals surface area contributed by atoms with Gasteiger partial charge in [0.15, 0.2) is 0 Å². The van der Waals surface area contributed by atoms with Crippen LogP contribution in [0.3, 0.4) is 0 Å². The van der Waals surface area contributed by atoms with Crippen LogP contribution in [0.4, 0.5) is 4.39 Å². The molecule has 5 heteroatoms. The molecule has 1 aromatic carbocycles. The standard InChI is InChI=1S/C11H14FNO2S/c12-9-5-8(6-10(14)7-9)1-3-13-11(15)2-4-16/h5-7,14,16H,1-4H2,(H,13,15). The summed E-state index contributed by atoms with van der Waals surface area (Å²) in [4.78, 5) is 11.1. The maximum absolute atomic E-state index is 12.9. The van der Waals surface area contributed by atoms with Crippen LogP contribution in [-0.2, 0) is 11.2 Å². The number of benzene rings is 1.